The molecule has 2 rings (SSSR count). The molecule has 0 unspecified atom stereocenters. The molecule has 0 amide bonds. The molecular weight excluding hydrogens is 244 g/mol. The van der Waals surface area contributed by atoms with Crippen LogP contribution in [0.25, 0.3) is 0 Å². The van der Waals surface area contributed by atoms with E-state index in [1.54, 1.807) is 11.3 Å². The van der Waals surface area contributed by atoms with E-state index in [-0.39, 0.29) is 11.7 Å². The lowest BCUT2D eigenvalue weighted by Gasteiger charge is -2.20. The van der Waals surface area contributed by atoms with Gasteiger partial charge in [-0.1, -0.05) is 13.3 Å². The summed E-state index contributed by atoms with van der Waals surface area (Å²) in [6, 6.07) is 1.97. The van der Waals surface area contributed by atoms with Crippen molar-refractivity contribution in [3.05, 3.63) is 10.9 Å². The molecule has 1 aliphatic carbocycles. The Hall–Kier alpha value is -1.03. The molecule has 0 spiro atoms. The van der Waals surface area contributed by atoms with Gasteiger partial charge in [0, 0.05) is 19.0 Å². The molecule has 0 aliphatic heterocycles. The van der Waals surface area contributed by atoms with Gasteiger partial charge in [-0.3, -0.25) is 4.79 Å². The van der Waals surface area contributed by atoms with Gasteiger partial charge in [-0.2, -0.15) is 0 Å². The molecule has 1 aromatic heterocycles. The van der Waals surface area contributed by atoms with Gasteiger partial charge in [0.1, 0.15) is 0 Å². The van der Waals surface area contributed by atoms with Crippen LogP contribution in [-0.2, 0) is 0 Å². The molecule has 1 aromatic rings. The molecule has 0 bridgehead atoms. The standard InChI is InChI=1S/C14H22N2OS/c1-3-5-8-16(4-2)12-9-11(15)14(18-12)13(17)10-6-7-10/h9-10H,3-8,15H2,1-2H3. The third kappa shape index (κ3) is 2.86. The maximum absolute atomic E-state index is 12.1. The van der Waals surface area contributed by atoms with Crippen LogP contribution in [0.3, 0.4) is 0 Å². The zero-order chi connectivity index (χ0) is 13.1. The number of nitrogens with zero attached hydrogens (tertiary/aromatic N) is 1. The number of hydrogen-bond donors (Lipinski definition) is 1. The lowest BCUT2D eigenvalue weighted by atomic mass is 10.2. The van der Waals surface area contributed by atoms with Crippen molar-refractivity contribution in [1.29, 1.82) is 0 Å². The Morgan fingerprint density at radius 2 is 2.22 bits per heavy atom. The average Bonchev–Trinajstić information content (AvgIpc) is 3.14. The first-order valence-corrected chi connectivity index (χ1v) is 7.67. The third-order valence-electron chi connectivity index (χ3n) is 3.39. The van der Waals surface area contributed by atoms with E-state index < -0.39 is 0 Å². The predicted molar refractivity (Wildman–Crippen MR) is 78.6 cm³/mol. The van der Waals surface area contributed by atoms with Crippen LogP contribution in [-0.4, -0.2) is 18.9 Å². The lowest BCUT2D eigenvalue weighted by Crippen LogP contribution is -2.22. The maximum atomic E-state index is 12.1. The van der Waals surface area contributed by atoms with Gasteiger partial charge in [-0.15, -0.1) is 11.3 Å². The number of unbranched alkanes of at least 4 members (excludes halogenated alkanes) is 1. The average molecular weight is 266 g/mol. The van der Waals surface area contributed by atoms with Gasteiger partial charge in [0.25, 0.3) is 0 Å². The topological polar surface area (TPSA) is 46.3 Å². The summed E-state index contributed by atoms with van der Waals surface area (Å²) in [6.45, 7) is 6.35. The second-order valence-electron chi connectivity index (χ2n) is 4.94. The number of hydrogen-bond acceptors (Lipinski definition) is 4. The van der Waals surface area contributed by atoms with Crippen molar-refractivity contribution in [2.75, 3.05) is 23.7 Å². The highest BCUT2D eigenvalue weighted by atomic mass is 32.1. The van der Waals surface area contributed by atoms with Crippen molar-refractivity contribution in [3.63, 3.8) is 0 Å². The van der Waals surface area contributed by atoms with E-state index in [9.17, 15) is 4.79 Å². The fraction of sp³-hybridized carbons (Fsp3) is 0.643. The van der Waals surface area contributed by atoms with Crippen LogP contribution >= 0.6 is 11.3 Å². The second kappa shape index (κ2) is 5.74. The van der Waals surface area contributed by atoms with Crippen molar-refractivity contribution < 1.29 is 4.79 Å². The number of thiophene rings is 1. The molecule has 2 N–H and O–H groups in total. The molecule has 0 saturated heterocycles. The molecular formula is C14H22N2OS. The van der Waals surface area contributed by atoms with E-state index in [0.717, 1.165) is 35.8 Å². The molecule has 1 saturated carbocycles. The van der Waals surface area contributed by atoms with Gasteiger partial charge in [-0.05, 0) is 32.3 Å². The Morgan fingerprint density at radius 3 is 2.78 bits per heavy atom. The molecule has 0 radical (unpaired) electrons. The largest absolute Gasteiger partial charge is 0.397 e. The number of rotatable bonds is 7. The van der Waals surface area contributed by atoms with Crippen molar-refractivity contribution in [3.8, 4) is 0 Å². The molecule has 100 valence electrons. The summed E-state index contributed by atoms with van der Waals surface area (Å²) in [5.74, 6) is 0.514. The minimum atomic E-state index is 0.254. The first kappa shape index (κ1) is 13.4. The van der Waals surface area contributed by atoms with Gasteiger partial charge in [0.2, 0.25) is 0 Å². The van der Waals surface area contributed by atoms with Crippen molar-refractivity contribution >= 4 is 27.8 Å². The Morgan fingerprint density at radius 1 is 1.50 bits per heavy atom. The Labute approximate surface area is 113 Å². The van der Waals surface area contributed by atoms with Gasteiger partial charge in [-0.25, -0.2) is 0 Å². The van der Waals surface area contributed by atoms with Gasteiger partial charge >= 0.3 is 0 Å². The summed E-state index contributed by atoms with van der Waals surface area (Å²) in [5.41, 5.74) is 6.66. The van der Waals surface area contributed by atoms with Crippen LogP contribution in [0.2, 0.25) is 0 Å². The van der Waals surface area contributed by atoms with Crippen LogP contribution in [0, 0.1) is 5.92 Å². The highest BCUT2D eigenvalue weighted by Gasteiger charge is 2.32. The number of ketones is 1. The summed E-state index contributed by atoms with van der Waals surface area (Å²) in [4.78, 5) is 15.2. The monoisotopic (exact) mass is 266 g/mol. The molecule has 4 heteroatoms. The summed E-state index contributed by atoms with van der Waals surface area (Å²) < 4.78 is 0. The molecule has 0 aromatic carbocycles. The summed E-state index contributed by atoms with van der Waals surface area (Å²) in [7, 11) is 0. The fourth-order valence-electron chi connectivity index (χ4n) is 2.04. The number of Topliss-reactive ketones (excluding diaryl/α,β-unsaturated/α-hetero) is 1. The summed E-state index contributed by atoms with van der Waals surface area (Å²) >= 11 is 1.57. The summed E-state index contributed by atoms with van der Waals surface area (Å²) in [5, 5.41) is 1.15. The van der Waals surface area contributed by atoms with Crippen LogP contribution in [0.4, 0.5) is 10.7 Å². The van der Waals surface area contributed by atoms with Crippen LogP contribution < -0.4 is 10.6 Å². The SMILES string of the molecule is CCCCN(CC)c1cc(N)c(C(=O)C2CC2)s1. The smallest absolute Gasteiger partial charge is 0.178 e. The van der Waals surface area contributed by atoms with E-state index in [4.69, 9.17) is 5.73 Å². The molecule has 1 fully saturated rings. The number of carbonyl (C=O) groups is 1. The molecule has 0 atom stereocenters. The quantitative estimate of drug-likeness (QED) is 0.768. The second-order valence-corrected chi connectivity index (χ2v) is 5.97. The van der Waals surface area contributed by atoms with Crippen LogP contribution in [0.15, 0.2) is 6.07 Å². The Balaban J connectivity index is 2.13. The minimum absolute atomic E-state index is 0.254. The van der Waals surface area contributed by atoms with E-state index >= 15 is 0 Å². The number of carbonyl (C=O) groups excluding carboxylic acids is 1. The Bertz CT molecular complexity index is 423. The third-order valence-corrected chi connectivity index (χ3v) is 4.62. The van der Waals surface area contributed by atoms with E-state index in [1.165, 1.54) is 12.8 Å². The minimum Gasteiger partial charge on any atom is -0.397 e. The molecule has 1 heterocycles. The molecule has 18 heavy (non-hydrogen) atoms. The normalized spacial score (nSPS) is 14.8. The first-order valence-electron chi connectivity index (χ1n) is 6.85. The van der Waals surface area contributed by atoms with Gasteiger partial charge < -0.3 is 10.6 Å². The maximum Gasteiger partial charge on any atom is 0.178 e. The van der Waals surface area contributed by atoms with Gasteiger partial charge in [0.15, 0.2) is 5.78 Å². The van der Waals surface area contributed by atoms with E-state index in [2.05, 4.69) is 18.7 Å². The number of anilines is 2. The highest BCUT2D eigenvalue weighted by molar-refractivity contribution is 7.18. The van der Waals surface area contributed by atoms with Crippen LogP contribution in [0.5, 0.6) is 0 Å². The van der Waals surface area contributed by atoms with Crippen molar-refractivity contribution in [1.82, 2.24) is 0 Å². The Kier molecular flexibility index (Phi) is 4.27. The molecule has 1 aliphatic rings. The number of nitrogens with two attached hydrogens (primary N) is 1. The highest BCUT2D eigenvalue weighted by Crippen LogP contribution is 2.39. The van der Waals surface area contributed by atoms with E-state index in [1.807, 2.05) is 6.07 Å². The zero-order valence-electron chi connectivity index (χ0n) is 11.2. The fourth-order valence-corrected chi connectivity index (χ4v) is 3.23. The van der Waals surface area contributed by atoms with E-state index in [0.29, 0.717) is 5.69 Å². The molecule has 3 nitrogen and oxygen atoms in total. The van der Waals surface area contributed by atoms with Crippen molar-refractivity contribution in [2.45, 2.75) is 39.5 Å². The lowest BCUT2D eigenvalue weighted by molar-refractivity contribution is 0.0972. The number of nitrogen functional groups attached to an aromatic ring is 1. The van der Waals surface area contributed by atoms with Gasteiger partial charge in [0.05, 0.1) is 15.6 Å². The first-order chi connectivity index (χ1) is 8.67. The zero-order valence-corrected chi connectivity index (χ0v) is 12.1. The van der Waals surface area contributed by atoms with Crippen LogP contribution in [0.1, 0.15) is 49.2 Å². The van der Waals surface area contributed by atoms with Crippen molar-refractivity contribution in [2.24, 2.45) is 5.92 Å². The predicted octanol–water partition coefficient (Wildman–Crippen LogP) is 3.55. The summed E-state index contributed by atoms with van der Waals surface area (Å²) in [6.07, 6.45) is 4.44.